The van der Waals surface area contributed by atoms with E-state index >= 15 is 0 Å². The minimum absolute atomic E-state index is 0.0509. The molecule has 5 heteroatoms. The van der Waals surface area contributed by atoms with Crippen LogP contribution in [0.2, 0.25) is 0 Å². The molecule has 2 aromatic carbocycles. The Morgan fingerprint density at radius 1 is 0.929 bits per heavy atom. The highest BCUT2D eigenvalue weighted by atomic mass is 16.2. The van der Waals surface area contributed by atoms with E-state index in [1.807, 2.05) is 30.3 Å². The van der Waals surface area contributed by atoms with E-state index in [0.29, 0.717) is 18.8 Å². The summed E-state index contributed by atoms with van der Waals surface area (Å²) >= 11 is 0. The molecule has 1 aliphatic heterocycles. The fourth-order valence-corrected chi connectivity index (χ4v) is 3.37. The predicted octanol–water partition coefficient (Wildman–Crippen LogP) is 3.58. The van der Waals surface area contributed by atoms with E-state index in [2.05, 4.69) is 56.1 Å². The van der Waals surface area contributed by atoms with Gasteiger partial charge in [0.2, 0.25) is 0 Å². The van der Waals surface area contributed by atoms with Gasteiger partial charge in [0, 0.05) is 37.6 Å². The first kappa shape index (κ1) is 19.9. The molecule has 2 aromatic rings. The van der Waals surface area contributed by atoms with Crippen molar-refractivity contribution < 1.29 is 9.59 Å². The molecular formula is C23H29N3O2. The van der Waals surface area contributed by atoms with Gasteiger partial charge >= 0.3 is 11.8 Å². The van der Waals surface area contributed by atoms with Gasteiger partial charge in [-0.15, -0.1) is 0 Å². The largest absolute Gasteiger partial charge is 0.368 e. The molecule has 0 atom stereocenters. The predicted molar refractivity (Wildman–Crippen MR) is 114 cm³/mol. The number of benzene rings is 2. The number of nitrogens with one attached hydrogen (secondary N) is 1. The zero-order valence-electron chi connectivity index (χ0n) is 17.2. The van der Waals surface area contributed by atoms with E-state index in [-0.39, 0.29) is 5.41 Å². The Bertz CT molecular complexity index is 845. The van der Waals surface area contributed by atoms with E-state index in [4.69, 9.17) is 0 Å². The maximum Gasteiger partial charge on any atom is 0.313 e. The van der Waals surface area contributed by atoms with Crippen LogP contribution in [0.1, 0.15) is 31.9 Å². The first-order chi connectivity index (χ1) is 13.2. The van der Waals surface area contributed by atoms with Crippen LogP contribution in [0.4, 0.5) is 11.4 Å². The van der Waals surface area contributed by atoms with Gasteiger partial charge in [0.25, 0.3) is 0 Å². The average molecular weight is 380 g/mol. The Labute approximate surface area is 167 Å². The van der Waals surface area contributed by atoms with E-state index < -0.39 is 11.8 Å². The van der Waals surface area contributed by atoms with Crippen LogP contribution in [0, 0.1) is 6.92 Å². The first-order valence-corrected chi connectivity index (χ1v) is 9.76. The van der Waals surface area contributed by atoms with Crippen LogP contribution in [0.5, 0.6) is 0 Å². The van der Waals surface area contributed by atoms with Crippen molar-refractivity contribution in [1.29, 1.82) is 0 Å². The van der Waals surface area contributed by atoms with Crippen LogP contribution >= 0.6 is 0 Å². The molecule has 1 heterocycles. The molecule has 2 amide bonds. The first-order valence-electron chi connectivity index (χ1n) is 9.76. The van der Waals surface area contributed by atoms with Gasteiger partial charge in [0.1, 0.15) is 0 Å². The molecule has 28 heavy (non-hydrogen) atoms. The number of nitrogens with zero attached hydrogens (tertiary/aromatic N) is 2. The number of aryl methyl sites for hydroxylation is 1. The summed E-state index contributed by atoms with van der Waals surface area (Å²) in [7, 11) is 0. The highest BCUT2D eigenvalue weighted by Crippen LogP contribution is 2.23. The number of rotatable bonds is 2. The van der Waals surface area contributed by atoms with Crippen molar-refractivity contribution in [2.75, 3.05) is 36.4 Å². The molecule has 148 valence electrons. The average Bonchev–Trinajstić information content (AvgIpc) is 2.67. The molecular weight excluding hydrogens is 350 g/mol. The van der Waals surface area contributed by atoms with Crippen molar-refractivity contribution >= 4 is 23.2 Å². The standard InChI is InChI=1S/C23H29N3O2/c1-17-6-5-7-20(16-17)25-12-14-26(15-13-25)22(28)21(27)24-19-10-8-18(9-11-19)23(2,3)4/h5-11,16H,12-15H2,1-4H3,(H,24,27). The molecule has 1 N–H and O–H groups in total. The van der Waals surface area contributed by atoms with E-state index in [9.17, 15) is 9.59 Å². The Hall–Kier alpha value is -2.82. The monoisotopic (exact) mass is 379 g/mol. The van der Waals surface area contributed by atoms with Crippen molar-refractivity contribution in [3.05, 3.63) is 59.7 Å². The molecule has 3 rings (SSSR count). The van der Waals surface area contributed by atoms with Gasteiger partial charge < -0.3 is 15.1 Å². The third kappa shape index (κ3) is 4.71. The minimum atomic E-state index is -0.576. The zero-order valence-corrected chi connectivity index (χ0v) is 17.2. The minimum Gasteiger partial charge on any atom is -0.368 e. The third-order valence-electron chi connectivity index (χ3n) is 5.14. The second kappa shape index (κ2) is 8.05. The van der Waals surface area contributed by atoms with Crippen LogP contribution in [0.25, 0.3) is 0 Å². The van der Waals surface area contributed by atoms with Gasteiger partial charge in [-0.1, -0.05) is 45.0 Å². The molecule has 0 spiro atoms. The van der Waals surface area contributed by atoms with Gasteiger partial charge in [-0.25, -0.2) is 0 Å². The maximum atomic E-state index is 12.5. The molecule has 0 aliphatic carbocycles. The van der Waals surface area contributed by atoms with Crippen molar-refractivity contribution in [3.8, 4) is 0 Å². The van der Waals surface area contributed by atoms with Crippen LogP contribution in [0.3, 0.4) is 0 Å². The lowest BCUT2D eigenvalue weighted by molar-refractivity contribution is -0.143. The third-order valence-corrected chi connectivity index (χ3v) is 5.14. The molecule has 5 nitrogen and oxygen atoms in total. The Morgan fingerprint density at radius 2 is 1.57 bits per heavy atom. The number of amides is 2. The van der Waals surface area contributed by atoms with Crippen LogP contribution in [0.15, 0.2) is 48.5 Å². The lowest BCUT2D eigenvalue weighted by Crippen LogP contribution is -2.51. The Balaban J connectivity index is 1.55. The fraction of sp³-hybridized carbons (Fsp3) is 0.391. The smallest absolute Gasteiger partial charge is 0.313 e. The molecule has 0 bridgehead atoms. The van der Waals surface area contributed by atoms with Gasteiger partial charge in [0.05, 0.1) is 0 Å². The number of carbonyl (C=O) groups excluding carboxylic acids is 2. The summed E-state index contributed by atoms with van der Waals surface area (Å²) in [6.07, 6.45) is 0. The van der Waals surface area contributed by atoms with Gasteiger partial charge in [-0.2, -0.15) is 0 Å². The quantitative estimate of drug-likeness (QED) is 0.812. The van der Waals surface area contributed by atoms with Gasteiger partial charge in [0.15, 0.2) is 0 Å². The summed E-state index contributed by atoms with van der Waals surface area (Å²) < 4.78 is 0. The lowest BCUT2D eigenvalue weighted by Gasteiger charge is -2.35. The van der Waals surface area contributed by atoms with Crippen LogP contribution < -0.4 is 10.2 Å². The van der Waals surface area contributed by atoms with Crippen molar-refractivity contribution in [3.63, 3.8) is 0 Å². The Kier molecular flexibility index (Phi) is 5.73. The van der Waals surface area contributed by atoms with Crippen LogP contribution in [-0.4, -0.2) is 42.9 Å². The summed E-state index contributed by atoms with van der Waals surface area (Å²) in [6, 6.07) is 16.0. The van der Waals surface area contributed by atoms with Gasteiger partial charge in [-0.05, 0) is 47.7 Å². The molecule has 0 unspecified atom stereocenters. The van der Waals surface area contributed by atoms with E-state index in [1.165, 1.54) is 11.1 Å². The molecule has 0 radical (unpaired) electrons. The lowest BCUT2D eigenvalue weighted by atomic mass is 9.87. The second-order valence-corrected chi connectivity index (χ2v) is 8.40. The number of hydrogen-bond donors (Lipinski definition) is 1. The summed E-state index contributed by atoms with van der Waals surface area (Å²) in [5, 5.41) is 2.72. The van der Waals surface area contributed by atoms with E-state index in [0.717, 1.165) is 18.8 Å². The molecule has 0 aromatic heterocycles. The van der Waals surface area contributed by atoms with E-state index in [1.54, 1.807) is 4.90 Å². The summed E-state index contributed by atoms with van der Waals surface area (Å²) in [5.41, 5.74) is 4.26. The SMILES string of the molecule is Cc1cccc(N2CCN(C(=O)C(=O)Nc3ccc(C(C)(C)C)cc3)CC2)c1. The molecule has 1 saturated heterocycles. The van der Waals surface area contributed by atoms with Crippen LogP contribution in [-0.2, 0) is 15.0 Å². The number of anilines is 2. The molecule has 1 fully saturated rings. The summed E-state index contributed by atoms with van der Waals surface area (Å²) in [6.45, 7) is 11.0. The van der Waals surface area contributed by atoms with Crippen molar-refractivity contribution in [2.45, 2.75) is 33.1 Å². The highest BCUT2D eigenvalue weighted by Gasteiger charge is 2.26. The zero-order chi connectivity index (χ0) is 20.3. The number of piperazine rings is 1. The fourth-order valence-electron chi connectivity index (χ4n) is 3.37. The highest BCUT2D eigenvalue weighted by molar-refractivity contribution is 6.39. The number of hydrogen-bond acceptors (Lipinski definition) is 3. The Morgan fingerprint density at radius 3 is 2.14 bits per heavy atom. The summed E-state index contributed by atoms with van der Waals surface area (Å²) in [4.78, 5) is 28.8. The molecule has 1 aliphatic rings. The van der Waals surface area contributed by atoms with Crippen molar-refractivity contribution in [2.24, 2.45) is 0 Å². The second-order valence-electron chi connectivity index (χ2n) is 8.40. The van der Waals surface area contributed by atoms with Gasteiger partial charge in [-0.3, -0.25) is 9.59 Å². The summed E-state index contributed by atoms with van der Waals surface area (Å²) in [5.74, 6) is -1.05. The maximum absolute atomic E-state index is 12.5. The topological polar surface area (TPSA) is 52.7 Å². The normalized spacial score (nSPS) is 14.7. The number of carbonyl (C=O) groups is 2. The molecule has 0 saturated carbocycles. The van der Waals surface area contributed by atoms with Crippen molar-refractivity contribution in [1.82, 2.24) is 4.90 Å².